The second kappa shape index (κ2) is 8.23. The lowest BCUT2D eigenvalue weighted by Gasteiger charge is -2.25. The smallest absolute Gasteiger partial charge is 0.243 e. The maximum Gasteiger partial charge on any atom is 0.243 e. The van der Waals surface area contributed by atoms with Crippen molar-refractivity contribution in [3.05, 3.63) is 0 Å². The molecule has 2 unspecified atom stereocenters. The van der Waals surface area contributed by atoms with Gasteiger partial charge in [0.25, 0.3) is 0 Å². The van der Waals surface area contributed by atoms with Gasteiger partial charge in [-0.05, 0) is 0 Å². The maximum absolute atomic E-state index is 12.1. The lowest BCUT2D eigenvalue weighted by atomic mass is 10.1. The van der Waals surface area contributed by atoms with Gasteiger partial charge in [0, 0.05) is 32.4 Å². The third-order valence-electron chi connectivity index (χ3n) is 3.98. The van der Waals surface area contributed by atoms with Gasteiger partial charge in [-0.2, -0.15) is 0 Å². The molecule has 1 heterocycles. The predicted molar refractivity (Wildman–Crippen MR) is 88.6 cm³/mol. The van der Waals surface area contributed by atoms with E-state index in [2.05, 4.69) is 31.8 Å². The summed E-state index contributed by atoms with van der Waals surface area (Å²) in [6, 6.07) is -1.08. The Morgan fingerprint density at radius 2 is 1.92 bits per heavy atom. The number of rotatable bonds is 8. The van der Waals surface area contributed by atoms with E-state index in [0.29, 0.717) is 6.54 Å². The van der Waals surface area contributed by atoms with Crippen LogP contribution in [0, 0.1) is 5.92 Å². The summed E-state index contributed by atoms with van der Waals surface area (Å²) in [7, 11) is 7.61. The Kier molecular flexibility index (Phi) is 6.89. The molecular weight excluding hydrogens is 312 g/mol. The van der Waals surface area contributed by atoms with Crippen molar-refractivity contribution in [3.63, 3.8) is 0 Å². The van der Waals surface area contributed by atoms with Crippen LogP contribution in [0.25, 0.3) is 0 Å². The van der Waals surface area contributed by atoms with Crippen molar-refractivity contribution in [1.82, 2.24) is 15.5 Å². The molecule has 1 fully saturated rings. The van der Waals surface area contributed by atoms with Gasteiger partial charge in [-0.25, -0.2) is 0 Å². The first kappa shape index (κ1) is 20.1. The molecule has 0 radical (unpaired) electrons. The molecule has 24 heavy (non-hydrogen) atoms. The van der Waals surface area contributed by atoms with Crippen molar-refractivity contribution in [2.75, 3.05) is 41.3 Å². The minimum atomic E-state index is -1.08. The van der Waals surface area contributed by atoms with Crippen molar-refractivity contribution in [3.8, 4) is 0 Å². The average molecular weight is 341 g/mol. The fourth-order valence-corrected chi connectivity index (χ4v) is 2.63. The zero-order valence-electron chi connectivity index (χ0n) is 15.2. The quantitative estimate of drug-likeness (QED) is 0.340. The molecular formula is C16H29N4O4+. The molecule has 1 aliphatic heterocycles. The van der Waals surface area contributed by atoms with Gasteiger partial charge in [0.2, 0.25) is 23.6 Å². The zero-order chi connectivity index (χ0) is 18.5. The highest BCUT2D eigenvalue weighted by Crippen LogP contribution is 2.22. The van der Waals surface area contributed by atoms with Gasteiger partial charge in [0.05, 0.1) is 34.1 Å². The average Bonchev–Trinajstić information content (AvgIpc) is 2.73. The second-order valence-corrected chi connectivity index (χ2v) is 7.26. The number of carbonyl (C=O) groups is 4. The van der Waals surface area contributed by atoms with Crippen molar-refractivity contribution in [2.45, 2.75) is 32.2 Å². The number of nitrogens with one attached hydrogen (secondary N) is 2. The number of quaternary nitrogens is 1. The summed E-state index contributed by atoms with van der Waals surface area (Å²) in [6.45, 7) is 3.04. The SMILES string of the molecule is CNC(=O)C(CC(=O)NCCC[N+](C)(C)C)N1C(=O)CC(C)C1=O. The van der Waals surface area contributed by atoms with Crippen LogP contribution < -0.4 is 10.6 Å². The van der Waals surface area contributed by atoms with Crippen molar-refractivity contribution in [1.29, 1.82) is 0 Å². The summed E-state index contributed by atoms with van der Waals surface area (Å²) in [5.74, 6) is -2.10. The third-order valence-corrected chi connectivity index (χ3v) is 3.98. The van der Waals surface area contributed by atoms with E-state index in [1.165, 1.54) is 7.05 Å². The highest BCUT2D eigenvalue weighted by atomic mass is 16.2. The summed E-state index contributed by atoms with van der Waals surface area (Å²) < 4.78 is 0.797. The van der Waals surface area contributed by atoms with Crippen LogP contribution in [0.15, 0.2) is 0 Å². The molecule has 0 spiro atoms. The molecule has 0 aromatic rings. The molecule has 1 saturated heterocycles. The number of imide groups is 1. The molecule has 0 aromatic heterocycles. The Bertz CT molecular complexity index is 513. The van der Waals surface area contributed by atoms with Crippen LogP contribution in [-0.4, -0.2) is 80.3 Å². The molecule has 4 amide bonds. The minimum Gasteiger partial charge on any atom is -0.357 e. The molecule has 0 saturated carbocycles. The van der Waals surface area contributed by atoms with Gasteiger partial charge in [-0.15, -0.1) is 0 Å². The molecule has 1 rings (SSSR count). The number of hydrogen-bond acceptors (Lipinski definition) is 4. The van der Waals surface area contributed by atoms with Gasteiger partial charge in [-0.1, -0.05) is 6.92 Å². The van der Waals surface area contributed by atoms with Crippen LogP contribution in [0.5, 0.6) is 0 Å². The largest absolute Gasteiger partial charge is 0.357 e. The molecule has 136 valence electrons. The molecule has 2 N–H and O–H groups in total. The van der Waals surface area contributed by atoms with Crippen molar-refractivity contribution >= 4 is 23.6 Å². The topological polar surface area (TPSA) is 95.6 Å². The van der Waals surface area contributed by atoms with E-state index in [0.717, 1.165) is 22.3 Å². The van der Waals surface area contributed by atoms with Crippen LogP contribution in [0.2, 0.25) is 0 Å². The van der Waals surface area contributed by atoms with Crippen LogP contribution in [-0.2, 0) is 19.2 Å². The summed E-state index contributed by atoms with van der Waals surface area (Å²) in [4.78, 5) is 49.2. The number of likely N-dealkylation sites (tertiary alicyclic amines) is 1. The summed E-state index contributed by atoms with van der Waals surface area (Å²) in [5, 5.41) is 5.17. The van der Waals surface area contributed by atoms with E-state index in [1.54, 1.807) is 6.92 Å². The Labute approximate surface area is 143 Å². The summed E-state index contributed by atoms with van der Waals surface area (Å²) in [5.41, 5.74) is 0. The lowest BCUT2D eigenvalue weighted by Crippen LogP contribution is -2.51. The van der Waals surface area contributed by atoms with Gasteiger partial charge < -0.3 is 15.1 Å². The number of likely N-dealkylation sites (N-methyl/N-ethyl adjacent to an activating group) is 1. The Morgan fingerprint density at radius 1 is 1.29 bits per heavy atom. The zero-order valence-corrected chi connectivity index (χ0v) is 15.2. The van der Waals surface area contributed by atoms with E-state index in [4.69, 9.17) is 0 Å². The molecule has 0 bridgehead atoms. The molecule has 8 nitrogen and oxygen atoms in total. The van der Waals surface area contributed by atoms with E-state index >= 15 is 0 Å². The molecule has 0 aliphatic carbocycles. The first-order valence-electron chi connectivity index (χ1n) is 8.21. The van der Waals surface area contributed by atoms with Gasteiger partial charge in [0.15, 0.2) is 0 Å². The van der Waals surface area contributed by atoms with E-state index in [1.807, 2.05) is 0 Å². The Morgan fingerprint density at radius 3 is 2.38 bits per heavy atom. The van der Waals surface area contributed by atoms with Crippen molar-refractivity contribution < 1.29 is 23.7 Å². The molecule has 2 atom stereocenters. The number of carbonyl (C=O) groups excluding carboxylic acids is 4. The monoisotopic (exact) mass is 341 g/mol. The van der Waals surface area contributed by atoms with E-state index < -0.39 is 29.7 Å². The molecule has 0 aromatic carbocycles. The molecule has 1 aliphatic rings. The third kappa shape index (κ3) is 5.59. The summed E-state index contributed by atoms with van der Waals surface area (Å²) in [6.07, 6.45) is 0.671. The van der Waals surface area contributed by atoms with Crippen LogP contribution >= 0.6 is 0 Å². The number of amides is 4. The molecule has 8 heteroatoms. The number of hydrogen-bond donors (Lipinski definition) is 2. The fraction of sp³-hybridized carbons (Fsp3) is 0.750. The standard InChI is InChI=1S/C16H28N4O4/c1-11-9-14(22)19(16(11)24)12(15(23)17-2)10-13(21)18-7-6-8-20(3,4)5/h11-12H,6-10H2,1-5H3,(H-,17,18,21,23)/p+1. The highest BCUT2D eigenvalue weighted by Gasteiger charge is 2.43. The van der Waals surface area contributed by atoms with Gasteiger partial charge >= 0.3 is 0 Å². The van der Waals surface area contributed by atoms with Crippen molar-refractivity contribution in [2.24, 2.45) is 5.92 Å². The Hall–Kier alpha value is -1.96. The lowest BCUT2D eigenvalue weighted by molar-refractivity contribution is -0.870. The predicted octanol–water partition coefficient (Wildman–Crippen LogP) is -0.901. The van der Waals surface area contributed by atoms with Gasteiger partial charge in [-0.3, -0.25) is 24.1 Å². The van der Waals surface area contributed by atoms with E-state index in [9.17, 15) is 19.2 Å². The fourth-order valence-electron chi connectivity index (χ4n) is 2.63. The number of nitrogens with zero attached hydrogens (tertiary/aromatic N) is 2. The highest BCUT2D eigenvalue weighted by molar-refractivity contribution is 6.07. The van der Waals surface area contributed by atoms with Crippen LogP contribution in [0.4, 0.5) is 0 Å². The maximum atomic E-state index is 12.1. The van der Waals surface area contributed by atoms with Crippen LogP contribution in [0.1, 0.15) is 26.2 Å². The first-order chi connectivity index (χ1) is 11.1. The Balaban J connectivity index is 2.64. The minimum absolute atomic E-state index is 0.0808. The second-order valence-electron chi connectivity index (χ2n) is 7.26. The van der Waals surface area contributed by atoms with E-state index in [-0.39, 0.29) is 18.7 Å². The summed E-state index contributed by atoms with van der Waals surface area (Å²) >= 11 is 0. The first-order valence-corrected chi connectivity index (χ1v) is 8.21. The van der Waals surface area contributed by atoms with Crippen LogP contribution in [0.3, 0.4) is 0 Å². The normalized spacial score (nSPS) is 19.4. The van der Waals surface area contributed by atoms with Gasteiger partial charge in [0.1, 0.15) is 6.04 Å².